The molecule has 1 aromatic carbocycles. The molecule has 1 N–H and O–H groups in total. The van der Waals surface area contributed by atoms with E-state index in [1.807, 2.05) is 29.2 Å². The monoisotopic (exact) mass is 374 g/mol. The van der Waals surface area contributed by atoms with Gasteiger partial charge in [0.2, 0.25) is 5.91 Å². The van der Waals surface area contributed by atoms with Crippen LogP contribution in [0.25, 0.3) is 5.82 Å². The number of nitrogens with zero attached hydrogens (tertiary/aromatic N) is 5. The van der Waals surface area contributed by atoms with E-state index < -0.39 is 5.41 Å². The van der Waals surface area contributed by atoms with E-state index in [-0.39, 0.29) is 11.8 Å². The number of carbonyl (C=O) groups is 2. The van der Waals surface area contributed by atoms with Crippen molar-refractivity contribution >= 4 is 17.5 Å². The van der Waals surface area contributed by atoms with Gasteiger partial charge >= 0.3 is 0 Å². The van der Waals surface area contributed by atoms with Crippen LogP contribution in [0.2, 0.25) is 0 Å². The van der Waals surface area contributed by atoms with Gasteiger partial charge in [-0.15, -0.1) is 10.2 Å². The van der Waals surface area contributed by atoms with Crippen LogP contribution in [0.1, 0.15) is 28.8 Å². The maximum absolute atomic E-state index is 13.0. The first-order valence-corrected chi connectivity index (χ1v) is 9.19. The maximum atomic E-state index is 13.0. The molecule has 1 spiro atoms. The molecule has 2 aliphatic rings. The Balaban J connectivity index is 1.36. The van der Waals surface area contributed by atoms with Gasteiger partial charge in [-0.05, 0) is 36.6 Å². The maximum Gasteiger partial charge on any atom is 0.254 e. The number of amides is 2. The molecule has 8 nitrogen and oxygen atoms in total. The third-order valence-electron chi connectivity index (χ3n) is 5.71. The van der Waals surface area contributed by atoms with Crippen molar-refractivity contribution in [1.82, 2.24) is 24.6 Å². The number of pyridine rings is 1. The fourth-order valence-corrected chi connectivity index (χ4v) is 4.16. The lowest BCUT2D eigenvalue weighted by molar-refractivity contribution is -0.122. The van der Waals surface area contributed by atoms with Gasteiger partial charge in [0.15, 0.2) is 0 Å². The quantitative estimate of drug-likeness (QED) is 0.738. The normalized spacial score (nSPS) is 17.4. The minimum atomic E-state index is -0.529. The summed E-state index contributed by atoms with van der Waals surface area (Å²) >= 11 is 0. The first-order valence-electron chi connectivity index (χ1n) is 9.19. The molecule has 2 amide bonds. The summed E-state index contributed by atoms with van der Waals surface area (Å²) in [4.78, 5) is 31.8. The molecular weight excluding hydrogens is 356 g/mol. The van der Waals surface area contributed by atoms with Gasteiger partial charge in [0.25, 0.3) is 5.91 Å². The summed E-state index contributed by atoms with van der Waals surface area (Å²) < 4.78 is 1.65. The van der Waals surface area contributed by atoms with Gasteiger partial charge in [-0.2, -0.15) is 0 Å². The minimum Gasteiger partial charge on any atom is -0.339 e. The predicted octanol–water partition coefficient (Wildman–Crippen LogP) is 1.79. The standard InChI is InChI=1S/C20H18N6O2/c27-18(14-5-8-21-17(11-14)26-12-22-23-13-26)25-9-6-20(7-10-25)15-3-1-2-4-16(15)24-19(20)28/h1-5,8,11-13H,6-7,9-10H2,(H,24,28). The first-order chi connectivity index (χ1) is 13.7. The Morgan fingerprint density at radius 1 is 1.07 bits per heavy atom. The van der Waals surface area contributed by atoms with E-state index in [1.165, 1.54) is 12.7 Å². The largest absolute Gasteiger partial charge is 0.339 e. The van der Waals surface area contributed by atoms with Crippen LogP contribution in [0.3, 0.4) is 0 Å². The number of anilines is 1. The van der Waals surface area contributed by atoms with Gasteiger partial charge < -0.3 is 10.2 Å². The number of hydrogen-bond acceptors (Lipinski definition) is 5. The number of benzene rings is 1. The number of hydrogen-bond donors (Lipinski definition) is 1. The van der Waals surface area contributed by atoms with E-state index in [9.17, 15) is 9.59 Å². The molecule has 140 valence electrons. The number of aromatic nitrogens is 4. The topological polar surface area (TPSA) is 93.0 Å². The zero-order valence-corrected chi connectivity index (χ0v) is 15.1. The lowest BCUT2D eigenvalue weighted by Gasteiger charge is -2.38. The van der Waals surface area contributed by atoms with E-state index in [1.54, 1.807) is 22.9 Å². The first kappa shape index (κ1) is 16.6. The molecule has 1 saturated heterocycles. The number of para-hydroxylation sites is 1. The third-order valence-corrected chi connectivity index (χ3v) is 5.71. The van der Waals surface area contributed by atoms with Gasteiger partial charge in [-0.1, -0.05) is 18.2 Å². The second kappa shape index (κ2) is 6.26. The summed E-state index contributed by atoms with van der Waals surface area (Å²) in [5.74, 6) is 0.575. The molecule has 0 radical (unpaired) electrons. The molecule has 3 aromatic rings. The molecule has 4 heterocycles. The second-order valence-corrected chi connectivity index (χ2v) is 7.15. The van der Waals surface area contributed by atoms with E-state index in [0.717, 1.165) is 11.3 Å². The highest BCUT2D eigenvalue weighted by atomic mass is 16.2. The minimum absolute atomic E-state index is 0.0413. The van der Waals surface area contributed by atoms with Crippen LogP contribution >= 0.6 is 0 Å². The molecule has 0 bridgehead atoms. The van der Waals surface area contributed by atoms with Gasteiger partial charge in [0.05, 0.1) is 5.41 Å². The molecular formula is C20H18N6O2. The van der Waals surface area contributed by atoms with Crippen LogP contribution in [0.4, 0.5) is 5.69 Å². The fourth-order valence-electron chi connectivity index (χ4n) is 4.16. The summed E-state index contributed by atoms with van der Waals surface area (Å²) in [5, 5.41) is 10.5. The summed E-state index contributed by atoms with van der Waals surface area (Å²) in [5.41, 5.74) is 1.97. The van der Waals surface area contributed by atoms with Crippen molar-refractivity contribution in [2.45, 2.75) is 18.3 Å². The van der Waals surface area contributed by atoms with Crippen molar-refractivity contribution in [2.75, 3.05) is 18.4 Å². The van der Waals surface area contributed by atoms with Gasteiger partial charge in [0, 0.05) is 30.5 Å². The van der Waals surface area contributed by atoms with Crippen LogP contribution < -0.4 is 5.32 Å². The van der Waals surface area contributed by atoms with Crippen molar-refractivity contribution < 1.29 is 9.59 Å². The average molecular weight is 374 g/mol. The Labute approximate surface area is 161 Å². The molecule has 2 aromatic heterocycles. The van der Waals surface area contributed by atoms with Crippen molar-refractivity contribution in [3.63, 3.8) is 0 Å². The summed E-state index contributed by atoms with van der Waals surface area (Å²) in [6.45, 7) is 1.07. The Morgan fingerprint density at radius 3 is 2.61 bits per heavy atom. The second-order valence-electron chi connectivity index (χ2n) is 7.15. The number of rotatable bonds is 2. The number of carbonyl (C=O) groups excluding carboxylic acids is 2. The SMILES string of the molecule is O=C(c1ccnc(-n2cnnc2)c1)N1CCC2(CC1)C(=O)Nc1ccccc12. The molecule has 8 heteroatoms. The van der Waals surface area contributed by atoms with Crippen molar-refractivity contribution in [1.29, 1.82) is 0 Å². The Bertz CT molecular complexity index is 1050. The van der Waals surface area contributed by atoms with Crippen molar-refractivity contribution in [3.05, 3.63) is 66.4 Å². The van der Waals surface area contributed by atoms with Crippen LogP contribution in [0.15, 0.2) is 55.2 Å². The number of piperidine rings is 1. The highest BCUT2D eigenvalue weighted by Crippen LogP contribution is 2.44. The number of likely N-dealkylation sites (tertiary alicyclic amines) is 1. The summed E-state index contributed by atoms with van der Waals surface area (Å²) in [6.07, 6.45) is 5.92. The summed E-state index contributed by atoms with van der Waals surface area (Å²) in [6, 6.07) is 11.3. The molecule has 28 heavy (non-hydrogen) atoms. The van der Waals surface area contributed by atoms with Crippen LogP contribution in [0, 0.1) is 0 Å². The molecule has 5 rings (SSSR count). The number of fused-ring (bicyclic) bond motifs is 2. The zero-order chi connectivity index (χ0) is 19.1. The van der Waals surface area contributed by atoms with Crippen molar-refractivity contribution in [2.24, 2.45) is 0 Å². The average Bonchev–Trinajstić information content (AvgIpc) is 3.36. The van der Waals surface area contributed by atoms with E-state index in [4.69, 9.17) is 0 Å². The molecule has 0 aliphatic carbocycles. The zero-order valence-electron chi connectivity index (χ0n) is 15.1. The highest BCUT2D eigenvalue weighted by molar-refractivity contribution is 6.06. The van der Waals surface area contributed by atoms with Gasteiger partial charge in [-0.25, -0.2) is 4.98 Å². The Kier molecular flexibility index (Phi) is 3.71. The fraction of sp³-hybridized carbons (Fsp3) is 0.250. The van der Waals surface area contributed by atoms with Crippen molar-refractivity contribution in [3.8, 4) is 5.82 Å². The predicted molar refractivity (Wildman–Crippen MR) is 101 cm³/mol. The molecule has 0 atom stereocenters. The van der Waals surface area contributed by atoms with Gasteiger partial charge in [-0.3, -0.25) is 14.2 Å². The van der Waals surface area contributed by atoms with Crippen LogP contribution in [-0.2, 0) is 10.2 Å². The molecule has 0 unspecified atom stereocenters. The molecule has 1 fully saturated rings. The highest BCUT2D eigenvalue weighted by Gasteiger charge is 2.48. The van der Waals surface area contributed by atoms with Crippen LogP contribution in [0.5, 0.6) is 0 Å². The molecule has 0 saturated carbocycles. The van der Waals surface area contributed by atoms with Gasteiger partial charge in [0.1, 0.15) is 18.5 Å². The van der Waals surface area contributed by atoms with Crippen LogP contribution in [-0.4, -0.2) is 49.6 Å². The lowest BCUT2D eigenvalue weighted by atomic mass is 9.73. The smallest absolute Gasteiger partial charge is 0.254 e. The van der Waals surface area contributed by atoms with E-state index in [0.29, 0.717) is 37.3 Å². The summed E-state index contributed by atoms with van der Waals surface area (Å²) in [7, 11) is 0. The molecule has 2 aliphatic heterocycles. The Morgan fingerprint density at radius 2 is 1.82 bits per heavy atom. The lowest BCUT2D eigenvalue weighted by Crippen LogP contribution is -2.48. The van der Waals surface area contributed by atoms with E-state index >= 15 is 0 Å². The Hall–Kier alpha value is -3.55. The number of nitrogens with one attached hydrogen (secondary N) is 1. The third kappa shape index (κ3) is 2.49. The van der Waals surface area contributed by atoms with E-state index in [2.05, 4.69) is 20.5 Å².